The molecule has 1 unspecified atom stereocenters. The first-order valence-electron chi connectivity index (χ1n) is 14.0. The van der Waals surface area contributed by atoms with Crippen molar-refractivity contribution in [3.05, 3.63) is 41.4 Å². The number of pyridine rings is 1. The summed E-state index contributed by atoms with van der Waals surface area (Å²) in [7, 11) is 0. The number of hydrogen-bond acceptors (Lipinski definition) is 9. The number of ether oxygens (including phenoxy) is 3. The third-order valence-electron chi connectivity index (χ3n) is 7.32. The normalized spacial score (nSPS) is 18.2. The number of benzene rings is 1. The van der Waals surface area contributed by atoms with Gasteiger partial charge in [0, 0.05) is 32.8 Å². The second-order valence-corrected chi connectivity index (χ2v) is 11.8. The van der Waals surface area contributed by atoms with Crippen molar-refractivity contribution in [3.8, 4) is 11.6 Å². The van der Waals surface area contributed by atoms with E-state index in [0.717, 1.165) is 47.7 Å². The van der Waals surface area contributed by atoms with Crippen LogP contribution in [0.3, 0.4) is 0 Å². The Morgan fingerprint density at radius 1 is 1.10 bits per heavy atom. The second kappa shape index (κ2) is 10.9. The predicted molar refractivity (Wildman–Crippen MR) is 156 cm³/mol. The predicted octanol–water partition coefficient (Wildman–Crippen LogP) is 5.88. The molecule has 1 atom stereocenters. The molecular formula is C29H34ClN7O4. The fourth-order valence-corrected chi connectivity index (χ4v) is 5.51. The van der Waals surface area contributed by atoms with Crippen molar-refractivity contribution in [2.75, 3.05) is 37.7 Å². The molecule has 0 N–H and O–H groups in total. The molecule has 216 valence electrons. The quantitative estimate of drug-likeness (QED) is 0.274. The summed E-state index contributed by atoms with van der Waals surface area (Å²) in [5, 5.41) is 6.51. The van der Waals surface area contributed by atoms with E-state index in [1.54, 1.807) is 11.0 Å². The van der Waals surface area contributed by atoms with Crippen LogP contribution in [-0.2, 0) is 9.47 Å². The number of amides is 1. The lowest BCUT2D eigenvalue weighted by Crippen LogP contribution is -2.50. The van der Waals surface area contributed by atoms with E-state index in [1.165, 1.54) is 6.33 Å². The number of nitrogens with zero attached hydrogens (tertiary/aromatic N) is 7. The first kappa shape index (κ1) is 27.5. The van der Waals surface area contributed by atoms with Gasteiger partial charge >= 0.3 is 6.09 Å². The van der Waals surface area contributed by atoms with Crippen molar-refractivity contribution in [2.45, 2.75) is 58.8 Å². The van der Waals surface area contributed by atoms with Gasteiger partial charge in [0.1, 0.15) is 34.2 Å². The maximum atomic E-state index is 12.5. The minimum Gasteiger partial charge on any atom is -0.444 e. The number of aryl methyl sites for hydroxylation is 1. The number of rotatable bonds is 4. The Morgan fingerprint density at radius 2 is 1.90 bits per heavy atom. The summed E-state index contributed by atoms with van der Waals surface area (Å²) in [6.07, 6.45) is 6.02. The lowest BCUT2D eigenvalue weighted by atomic mass is 10.1. The summed E-state index contributed by atoms with van der Waals surface area (Å²) in [6, 6.07) is 5.81. The van der Waals surface area contributed by atoms with Crippen LogP contribution in [-0.4, -0.2) is 74.1 Å². The molecule has 1 aromatic carbocycles. The van der Waals surface area contributed by atoms with E-state index in [0.29, 0.717) is 49.1 Å². The number of carbonyl (C=O) groups excluding carboxylic acids is 1. The third kappa shape index (κ3) is 5.60. The lowest BCUT2D eigenvalue weighted by molar-refractivity contribution is -0.0366. The second-order valence-electron chi connectivity index (χ2n) is 11.5. The first-order chi connectivity index (χ1) is 19.7. The highest BCUT2D eigenvalue weighted by atomic mass is 35.5. The molecule has 11 nitrogen and oxygen atoms in total. The molecule has 41 heavy (non-hydrogen) atoms. The van der Waals surface area contributed by atoms with Gasteiger partial charge in [0.05, 0.1) is 22.5 Å². The summed E-state index contributed by atoms with van der Waals surface area (Å²) in [5.41, 5.74) is 1.88. The van der Waals surface area contributed by atoms with Gasteiger partial charge in [-0.25, -0.2) is 19.4 Å². The highest BCUT2D eigenvalue weighted by Crippen LogP contribution is 2.38. The summed E-state index contributed by atoms with van der Waals surface area (Å²) >= 11 is 6.52. The molecule has 0 bridgehead atoms. The molecule has 2 fully saturated rings. The fourth-order valence-electron chi connectivity index (χ4n) is 5.32. The van der Waals surface area contributed by atoms with Gasteiger partial charge in [-0.15, -0.1) is 0 Å². The zero-order valence-corrected chi connectivity index (χ0v) is 24.5. The van der Waals surface area contributed by atoms with E-state index in [1.807, 2.05) is 50.7 Å². The first-order valence-corrected chi connectivity index (χ1v) is 14.4. The Hall–Kier alpha value is -3.70. The Morgan fingerprint density at radius 3 is 2.63 bits per heavy atom. The zero-order chi connectivity index (χ0) is 28.7. The number of fused-ring (bicyclic) bond motifs is 2. The van der Waals surface area contributed by atoms with Gasteiger partial charge in [-0.3, -0.25) is 0 Å². The van der Waals surface area contributed by atoms with Crippen LogP contribution in [0.4, 0.5) is 10.6 Å². The molecular weight excluding hydrogens is 546 g/mol. The Labute approximate surface area is 243 Å². The van der Waals surface area contributed by atoms with E-state index in [2.05, 4.69) is 25.0 Å². The van der Waals surface area contributed by atoms with Gasteiger partial charge in [-0.2, -0.15) is 10.1 Å². The molecule has 5 heterocycles. The van der Waals surface area contributed by atoms with Crippen LogP contribution in [0.5, 0.6) is 11.6 Å². The molecule has 1 amide bonds. The van der Waals surface area contributed by atoms with Crippen molar-refractivity contribution >= 4 is 45.3 Å². The topological polar surface area (TPSA) is 108 Å². The maximum absolute atomic E-state index is 12.5. The molecule has 6 rings (SSSR count). The van der Waals surface area contributed by atoms with E-state index in [-0.39, 0.29) is 17.5 Å². The molecule has 4 aromatic rings. The van der Waals surface area contributed by atoms with Crippen molar-refractivity contribution < 1.29 is 19.0 Å². The van der Waals surface area contributed by atoms with Gasteiger partial charge in [-0.05, 0) is 64.7 Å². The molecule has 2 aliphatic heterocycles. The van der Waals surface area contributed by atoms with Crippen molar-refractivity contribution in [1.82, 2.24) is 29.6 Å². The Balaban J connectivity index is 1.30. The summed E-state index contributed by atoms with van der Waals surface area (Å²) in [5.74, 6) is 1.65. The van der Waals surface area contributed by atoms with Crippen LogP contribution in [0, 0.1) is 6.92 Å². The molecule has 0 spiro atoms. The van der Waals surface area contributed by atoms with Crippen molar-refractivity contribution in [2.24, 2.45) is 0 Å². The molecule has 12 heteroatoms. The number of aromatic nitrogens is 5. The van der Waals surface area contributed by atoms with Crippen LogP contribution >= 0.6 is 11.6 Å². The number of carbonyl (C=O) groups is 1. The van der Waals surface area contributed by atoms with E-state index in [4.69, 9.17) is 25.8 Å². The maximum Gasteiger partial charge on any atom is 0.410 e. The van der Waals surface area contributed by atoms with Gasteiger partial charge in [0.2, 0.25) is 5.88 Å². The number of hydrogen-bond donors (Lipinski definition) is 0. The van der Waals surface area contributed by atoms with Crippen LogP contribution < -0.4 is 9.64 Å². The van der Waals surface area contributed by atoms with Gasteiger partial charge in [0.25, 0.3) is 0 Å². The number of halogens is 1. The van der Waals surface area contributed by atoms with Crippen molar-refractivity contribution in [3.63, 3.8) is 0 Å². The van der Waals surface area contributed by atoms with Gasteiger partial charge < -0.3 is 24.0 Å². The number of piperazine rings is 1. The van der Waals surface area contributed by atoms with Gasteiger partial charge in [-0.1, -0.05) is 17.7 Å². The molecule has 3 aromatic heterocycles. The van der Waals surface area contributed by atoms with Crippen LogP contribution in [0.1, 0.15) is 51.8 Å². The van der Waals surface area contributed by atoms with Crippen LogP contribution in [0.15, 0.2) is 30.7 Å². The Kier molecular flexibility index (Phi) is 7.33. The minimum absolute atomic E-state index is 0.0898. The highest BCUT2D eigenvalue weighted by molar-refractivity contribution is 6.30. The fraction of sp³-hybridized carbons (Fsp3) is 0.483. The third-order valence-corrected chi connectivity index (χ3v) is 7.52. The Bertz CT molecular complexity index is 1590. The minimum atomic E-state index is -0.539. The average molecular weight is 580 g/mol. The molecule has 0 aliphatic carbocycles. The van der Waals surface area contributed by atoms with E-state index >= 15 is 0 Å². The average Bonchev–Trinajstić information content (AvgIpc) is 3.38. The standard InChI is InChI=1S/C29H34ClN7O4/c1-18-8-9-21-20(16-33-37(21)23-7-5-6-14-39-23)25(18)40-27-24-19(15-22(30)34-27)26(32-17-31-24)35-10-12-36(13-11-35)28(38)41-29(2,3)4/h8-9,15-17,23H,5-7,10-14H2,1-4H3. The SMILES string of the molecule is Cc1ccc2c(cnn2C2CCCCO2)c1Oc1nc(Cl)cc2c(N3CCN(C(=O)OC(C)(C)C)CC3)ncnc12. The molecule has 2 aliphatic rings. The highest BCUT2D eigenvalue weighted by Gasteiger charge is 2.28. The van der Waals surface area contributed by atoms with Crippen LogP contribution in [0.25, 0.3) is 21.8 Å². The molecule has 2 saturated heterocycles. The smallest absolute Gasteiger partial charge is 0.410 e. The molecule has 0 radical (unpaired) electrons. The zero-order valence-electron chi connectivity index (χ0n) is 23.8. The monoisotopic (exact) mass is 579 g/mol. The number of anilines is 1. The summed E-state index contributed by atoms with van der Waals surface area (Å²) in [4.78, 5) is 30.0. The summed E-state index contributed by atoms with van der Waals surface area (Å²) in [6.45, 7) is 10.5. The van der Waals surface area contributed by atoms with Crippen LogP contribution in [0.2, 0.25) is 5.15 Å². The molecule has 0 saturated carbocycles. The van der Waals surface area contributed by atoms with Gasteiger partial charge in [0.15, 0.2) is 6.23 Å². The lowest BCUT2D eigenvalue weighted by Gasteiger charge is -2.36. The largest absolute Gasteiger partial charge is 0.444 e. The summed E-state index contributed by atoms with van der Waals surface area (Å²) < 4.78 is 19.9. The van der Waals surface area contributed by atoms with E-state index in [9.17, 15) is 4.79 Å². The van der Waals surface area contributed by atoms with Crippen molar-refractivity contribution in [1.29, 1.82) is 0 Å². The van der Waals surface area contributed by atoms with E-state index < -0.39 is 5.60 Å².